The maximum atomic E-state index is 13.9. The molecular formula is C29H31N5O4S. The second-order valence-corrected chi connectivity index (χ2v) is 11.6. The SMILES string of the molecule is COc1ccc2ccc(S(=O)(=O)NC(Cc3cccc(C(=N)N)c3)C3([C@@H]4CCNC4)C=CC=NC3=O)cc2c1. The van der Waals surface area contributed by atoms with Gasteiger partial charge in [0, 0.05) is 17.8 Å². The number of fused-ring (bicyclic) bond motifs is 1. The predicted octanol–water partition coefficient (Wildman–Crippen LogP) is 2.79. The van der Waals surface area contributed by atoms with Gasteiger partial charge in [0.1, 0.15) is 11.6 Å². The number of nitrogens with two attached hydrogens (primary N) is 1. The molecule has 0 spiro atoms. The number of sulfonamides is 1. The Hall–Kier alpha value is -3.86. The summed E-state index contributed by atoms with van der Waals surface area (Å²) in [5, 5.41) is 12.7. The van der Waals surface area contributed by atoms with E-state index in [0.29, 0.717) is 24.3 Å². The number of carbonyl (C=O) groups is 1. The Kier molecular flexibility index (Phi) is 7.35. The molecule has 202 valence electrons. The molecule has 2 heterocycles. The van der Waals surface area contributed by atoms with Crippen molar-refractivity contribution in [2.24, 2.45) is 22.1 Å². The molecule has 0 saturated carbocycles. The quantitative estimate of drug-likeness (QED) is 0.240. The van der Waals surface area contributed by atoms with Crippen LogP contribution in [0.2, 0.25) is 0 Å². The number of amidine groups is 1. The number of methoxy groups -OCH3 is 1. The van der Waals surface area contributed by atoms with Crippen molar-refractivity contribution in [3.05, 3.63) is 83.9 Å². The number of dihydropyridines is 1. The number of ether oxygens (including phenoxy) is 1. The summed E-state index contributed by atoms with van der Waals surface area (Å²) in [4.78, 5) is 17.8. The van der Waals surface area contributed by atoms with Crippen molar-refractivity contribution in [1.82, 2.24) is 10.0 Å². The minimum Gasteiger partial charge on any atom is -0.497 e. The topological polar surface area (TPSA) is 147 Å². The van der Waals surface area contributed by atoms with Crippen molar-refractivity contribution in [1.29, 1.82) is 5.41 Å². The van der Waals surface area contributed by atoms with Crippen molar-refractivity contribution in [2.45, 2.75) is 23.8 Å². The standard InChI is InChI=1S/C29H31N5O4S/c1-38-24-8-6-20-7-9-25(17-22(20)16-24)39(36,37)34-26(15-19-4-2-5-21(14-19)27(30)31)29(23-10-13-32-18-23)11-3-12-33-28(29)35/h2-9,11-12,14,16-17,23,26,32,34H,10,13,15,18H2,1H3,(H3,30,31)/t23-,26?,29?/m1/s1. The van der Waals surface area contributed by atoms with Crippen LogP contribution in [0.25, 0.3) is 10.8 Å². The number of rotatable bonds is 9. The third kappa shape index (κ3) is 5.23. The molecule has 1 saturated heterocycles. The Morgan fingerprint density at radius 1 is 1.21 bits per heavy atom. The normalized spacial score (nSPS) is 21.8. The van der Waals surface area contributed by atoms with E-state index in [1.807, 2.05) is 18.2 Å². The molecule has 9 nitrogen and oxygen atoms in total. The second kappa shape index (κ2) is 10.7. The van der Waals surface area contributed by atoms with Crippen molar-refractivity contribution in [2.75, 3.05) is 20.2 Å². The van der Waals surface area contributed by atoms with Gasteiger partial charge in [-0.2, -0.15) is 0 Å². The highest BCUT2D eigenvalue weighted by Gasteiger charge is 2.52. The van der Waals surface area contributed by atoms with E-state index in [9.17, 15) is 13.2 Å². The van der Waals surface area contributed by atoms with Crippen LogP contribution in [-0.2, 0) is 21.2 Å². The Labute approximate surface area is 227 Å². The van der Waals surface area contributed by atoms with Crippen LogP contribution >= 0.6 is 0 Å². The Morgan fingerprint density at radius 2 is 2.03 bits per heavy atom. The van der Waals surface area contributed by atoms with E-state index in [1.54, 1.807) is 61.7 Å². The highest BCUT2D eigenvalue weighted by molar-refractivity contribution is 7.89. The zero-order valence-electron chi connectivity index (χ0n) is 21.6. The minimum atomic E-state index is -4.07. The van der Waals surface area contributed by atoms with Gasteiger partial charge in [-0.3, -0.25) is 10.2 Å². The van der Waals surface area contributed by atoms with Crippen LogP contribution in [0, 0.1) is 16.7 Å². The third-order valence-electron chi connectivity index (χ3n) is 7.64. The molecule has 5 rings (SSSR count). The largest absolute Gasteiger partial charge is 0.497 e. The second-order valence-electron chi connectivity index (χ2n) is 9.93. The molecule has 0 radical (unpaired) electrons. The van der Waals surface area contributed by atoms with Crippen molar-refractivity contribution < 1.29 is 17.9 Å². The van der Waals surface area contributed by atoms with E-state index < -0.39 is 21.5 Å². The fourth-order valence-corrected chi connectivity index (χ4v) is 6.90. The third-order valence-corrected chi connectivity index (χ3v) is 9.11. The molecule has 2 unspecified atom stereocenters. The summed E-state index contributed by atoms with van der Waals surface area (Å²) in [5.74, 6) is -0.00846. The summed E-state index contributed by atoms with van der Waals surface area (Å²) in [6.07, 6.45) is 5.86. The van der Waals surface area contributed by atoms with Gasteiger partial charge in [-0.25, -0.2) is 18.1 Å². The maximum Gasteiger partial charge on any atom is 0.257 e. The van der Waals surface area contributed by atoms with Crippen molar-refractivity contribution in [3.63, 3.8) is 0 Å². The van der Waals surface area contributed by atoms with Crippen molar-refractivity contribution in [3.8, 4) is 5.75 Å². The van der Waals surface area contributed by atoms with E-state index >= 15 is 0 Å². The fraction of sp³-hybridized carbons (Fsp3) is 0.276. The first-order valence-electron chi connectivity index (χ1n) is 12.7. The number of nitrogens with zero attached hydrogens (tertiary/aromatic N) is 1. The van der Waals surface area contributed by atoms with Crippen LogP contribution in [0.15, 0.2) is 82.7 Å². The lowest BCUT2D eigenvalue weighted by molar-refractivity contribution is -0.128. The number of aliphatic imine (C=N–C) groups is 1. The number of amides is 1. The number of carbonyl (C=O) groups excluding carboxylic acids is 1. The molecule has 0 aromatic heterocycles. The van der Waals surface area contributed by atoms with E-state index in [2.05, 4.69) is 15.0 Å². The van der Waals surface area contributed by atoms with Crippen molar-refractivity contribution >= 4 is 38.8 Å². The van der Waals surface area contributed by atoms with Gasteiger partial charge in [-0.15, -0.1) is 0 Å². The number of nitrogens with one attached hydrogen (secondary N) is 3. The van der Waals surface area contributed by atoms with Gasteiger partial charge >= 0.3 is 0 Å². The molecule has 0 bridgehead atoms. The Bertz CT molecular complexity index is 1590. The van der Waals surface area contributed by atoms with E-state index in [-0.39, 0.29) is 29.0 Å². The summed E-state index contributed by atoms with van der Waals surface area (Å²) in [6.45, 7) is 1.29. The van der Waals surface area contributed by atoms with Crippen LogP contribution in [0.1, 0.15) is 17.5 Å². The average molecular weight is 546 g/mol. The summed E-state index contributed by atoms with van der Waals surface area (Å²) in [5.41, 5.74) is 5.80. The van der Waals surface area contributed by atoms with Crippen LogP contribution in [-0.4, -0.2) is 52.6 Å². The molecule has 3 aromatic carbocycles. The lowest BCUT2D eigenvalue weighted by atomic mass is 9.66. The van der Waals surface area contributed by atoms with Crippen LogP contribution < -0.4 is 20.5 Å². The molecule has 1 amide bonds. The predicted molar refractivity (Wildman–Crippen MR) is 152 cm³/mol. The molecule has 2 aliphatic heterocycles. The summed E-state index contributed by atoms with van der Waals surface area (Å²) >= 11 is 0. The number of benzene rings is 3. The molecule has 3 atom stereocenters. The number of nitrogen functional groups attached to an aromatic ring is 1. The molecule has 10 heteroatoms. The Morgan fingerprint density at radius 3 is 2.74 bits per heavy atom. The van der Waals surface area contributed by atoms with Gasteiger partial charge in [0.2, 0.25) is 10.0 Å². The average Bonchev–Trinajstić information content (AvgIpc) is 3.48. The first-order valence-corrected chi connectivity index (χ1v) is 14.2. The van der Waals surface area contributed by atoms with Crippen LogP contribution in [0.3, 0.4) is 0 Å². The zero-order chi connectivity index (χ0) is 27.6. The molecular weight excluding hydrogens is 514 g/mol. The first-order chi connectivity index (χ1) is 18.7. The van der Waals surface area contributed by atoms with Gasteiger partial charge < -0.3 is 15.8 Å². The maximum absolute atomic E-state index is 13.9. The number of hydrogen-bond acceptors (Lipinski definition) is 6. The summed E-state index contributed by atoms with van der Waals surface area (Å²) in [6, 6.07) is 16.6. The molecule has 39 heavy (non-hydrogen) atoms. The van der Waals surface area contributed by atoms with E-state index in [4.69, 9.17) is 15.9 Å². The van der Waals surface area contributed by atoms with E-state index in [1.165, 1.54) is 6.21 Å². The summed E-state index contributed by atoms with van der Waals surface area (Å²) < 4.78 is 36.1. The number of hydrogen-bond donors (Lipinski definition) is 4. The highest BCUT2D eigenvalue weighted by Crippen LogP contribution is 2.42. The molecule has 1 fully saturated rings. The lowest BCUT2D eigenvalue weighted by Crippen LogP contribution is -2.56. The fourth-order valence-electron chi connectivity index (χ4n) is 5.58. The van der Waals surface area contributed by atoms with Gasteiger partial charge in [0.05, 0.1) is 17.4 Å². The van der Waals surface area contributed by atoms with Gasteiger partial charge in [0.25, 0.3) is 5.91 Å². The van der Waals surface area contributed by atoms with Crippen LogP contribution in [0.4, 0.5) is 0 Å². The lowest BCUT2D eigenvalue weighted by Gasteiger charge is -2.41. The smallest absolute Gasteiger partial charge is 0.257 e. The van der Waals surface area contributed by atoms with Crippen LogP contribution in [0.5, 0.6) is 5.75 Å². The number of allylic oxidation sites excluding steroid dienone is 1. The van der Waals surface area contributed by atoms with Gasteiger partial charge in [0.15, 0.2) is 0 Å². The van der Waals surface area contributed by atoms with Gasteiger partial charge in [-0.05, 0) is 84.6 Å². The molecule has 3 aromatic rings. The Balaban J connectivity index is 1.59. The minimum absolute atomic E-state index is 0.0844. The summed E-state index contributed by atoms with van der Waals surface area (Å²) in [7, 11) is -2.51. The van der Waals surface area contributed by atoms with Gasteiger partial charge in [-0.1, -0.05) is 36.4 Å². The zero-order valence-corrected chi connectivity index (χ0v) is 22.4. The molecule has 2 aliphatic rings. The van der Waals surface area contributed by atoms with E-state index in [0.717, 1.165) is 22.9 Å². The monoisotopic (exact) mass is 545 g/mol. The first kappa shape index (κ1) is 26.7. The molecule has 5 N–H and O–H groups in total. The highest BCUT2D eigenvalue weighted by atomic mass is 32.2. The molecule has 0 aliphatic carbocycles.